The van der Waals surface area contributed by atoms with Gasteiger partial charge in [0, 0.05) is 25.3 Å². The molecule has 3 rings (SSSR count). The van der Waals surface area contributed by atoms with Crippen molar-refractivity contribution < 1.29 is 9.47 Å². The van der Waals surface area contributed by atoms with Crippen LogP contribution >= 0.6 is 0 Å². The Morgan fingerprint density at radius 2 is 1.95 bits per heavy atom. The molecule has 2 heterocycles. The van der Waals surface area contributed by atoms with Crippen molar-refractivity contribution >= 4 is 5.82 Å². The van der Waals surface area contributed by atoms with Crippen LogP contribution in [0.4, 0.5) is 5.82 Å². The van der Waals surface area contributed by atoms with Crippen LogP contribution in [0.2, 0.25) is 0 Å². The largest absolute Gasteiger partial charge is 0.474 e. The Morgan fingerprint density at radius 3 is 2.62 bits per heavy atom. The van der Waals surface area contributed by atoms with Crippen LogP contribution in [0.15, 0.2) is 0 Å². The summed E-state index contributed by atoms with van der Waals surface area (Å²) in [6.45, 7) is 6.70. The van der Waals surface area contributed by atoms with Gasteiger partial charge in [0.1, 0.15) is 17.7 Å². The molecule has 0 amide bonds. The predicted molar refractivity (Wildman–Crippen MR) is 82.0 cm³/mol. The first-order chi connectivity index (χ1) is 10.3. The number of hydrogen-bond donors (Lipinski definition) is 1. The number of aromatic nitrogens is 2. The van der Waals surface area contributed by atoms with E-state index in [-0.39, 0.29) is 6.10 Å². The third kappa shape index (κ3) is 3.64. The molecule has 5 heteroatoms. The summed E-state index contributed by atoms with van der Waals surface area (Å²) < 4.78 is 11.5. The molecule has 21 heavy (non-hydrogen) atoms. The molecule has 5 nitrogen and oxygen atoms in total. The molecule has 1 aliphatic carbocycles. The van der Waals surface area contributed by atoms with Crippen LogP contribution in [0.3, 0.4) is 0 Å². The summed E-state index contributed by atoms with van der Waals surface area (Å²) in [5.74, 6) is 3.18. The predicted octanol–water partition coefficient (Wildman–Crippen LogP) is 3.04. The van der Waals surface area contributed by atoms with Gasteiger partial charge in [0.05, 0.1) is 18.8 Å². The van der Waals surface area contributed by atoms with Gasteiger partial charge in [-0.25, -0.2) is 4.98 Å². The van der Waals surface area contributed by atoms with Gasteiger partial charge in [0.2, 0.25) is 5.88 Å². The van der Waals surface area contributed by atoms with E-state index in [0.29, 0.717) is 5.92 Å². The molecular formula is C16H25N3O2. The van der Waals surface area contributed by atoms with E-state index in [0.717, 1.165) is 62.1 Å². The number of anilines is 1. The minimum absolute atomic E-state index is 0.221. The first-order valence-corrected chi connectivity index (χ1v) is 8.14. The average molecular weight is 291 g/mol. The quantitative estimate of drug-likeness (QED) is 0.873. The van der Waals surface area contributed by atoms with Gasteiger partial charge in [-0.05, 0) is 26.2 Å². The zero-order valence-electron chi connectivity index (χ0n) is 13.0. The van der Waals surface area contributed by atoms with E-state index in [9.17, 15) is 0 Å². The van der Waals surface area contributed by atoms with Gasteiger partial charge in [-0.2, -0.15) is 4.98 Å². The van der Waals surface area contributed by atoms with Gasteiger partial charge in [-0.1, -0.05) is 6.92 Å². The summed E-state index contributed by atoms with van der Waals surface area (Å²) in [6, 6.07) is 0. The Bertz CT molecular complexity index is 483. The normalized spacial score (nSPS) is 19.5. The molecule has 0 spiro atoms. The first kappa shape index (κ1) is 14.6. The number of nitrogens with one attached hydrogen (secondary N) is 1. The monoisotopic (exact) mass is 291 g/mol. The Labute approximate surface area is 126 Å². The standard InChI is InChI=1S/C16H25N3O2/c1-3-8-17-14-11(2)16(19-15(18-14)12-4-5-12)21-13-6-9-20-10-7-13/h12-13H,3-10H2,1-2H3,(H,17,18,19). The van der Waals surface area contributed by atoms with E-state index in [1.54, 1.807) is 0 Å². The summed E-state index contributed by atoms with van der Waals surface area (Å²) in [5, 5.41) is 3.41. The highest BCUT2D eigenvalue weighted by atomic mass is 16.5. The molecule has 1 aromatic heterocycles. The molecule has 2 fully saturated rings. The van der Waals surface area contributed by atoms with Crippen molar-refractivity contribution in [3.63, 3.8) is 0 Å². The van der Waals surface area contributed by atoms with Crippen molar-refractivity contribution in [3.8, 4) is 5.88 Å². The summed E-state index contributed by atoms with van der Waals surface area (Å²) >= 11 is 0. The van der Waals surface area contributed by atoms with Gasteiger partial charge in [0.25, 0.3) is 0 Å². The lowest BCUT2D eigenvalue weighted by atomic mass is 10.1. The van der Waals surface area contributed by atoms with Gasteiger partial charge >= 0.3 is 0 Å². The van der Waals surface area contributed by atoms with Gasteiger partial charge in [0.15, 0.2) is 0 Å². The van der Waals surface area contributed by atoms with Crippen molar-refractivity contribution in [1.82, 2.24) is 9.97 Å². The van der Waals surface area contributed by atoms with Gasteiger partial charge < -0.3 is 14.8 Å². The Balaban J connectivity index is 1.80. The molecule has 1 aromatic rings. The highest BCUT2D eigenvalue weighted by Gasteiger charge is 2.29. The summed E-state index contributed by atoms with van der Waals surface area (Å²) in [5.41, 5.74) is 1.03. The van der Waals surface area contributed by atoms with Crippen molar-refractivity contribution in [2.45, 2.75) is 58.0 Å². The number of nitrogens with zero attached hydrogens (tertiary/aromatic N) is 2. The highest BCUT2D eigenvalue weighted by molar-refractivity contribution is 5.49. The first-order valence-electron chi connectivity index (χ1n) is 8.14. The van der Waals surface area contributed by atoms with E-state index >= 15 is 0 Å². The molecule has 0 aromatic carbocycles. The van der Waals surface area contributed by atoms with Crippen molar-refractivity contribution in [1.29, 1.82) is 0 Å². The van der Waals surface area contributed by atoms with Crippen molar-refractivity contribution in [3.05, 3.63) is 11.4 Å². The summed E-state index contributed by atoms with van der Waals surface area (Å²) in [7, 11) is 0. The number of hydrogen-bond acceptors (Lipinski definition) is 5. The minimum atomic E-state index is 0.221. The van der Waals surface area contributed by atoms with Crippen molar-refractivity contribution in [2.24, 2.45) is 0 Å². The zero-order valence-corrected chi connectivity index (χ0v) is 13.0. The van der Waals surface area contributed by atoms with E-state index < -0.39 is 0 Å². The van der Waals surface area contributed by atoms with Gasteiger partial charge in [-0.3, -0.25) is 0 Å². The summed E-state index contributed by atoms with van der Waals surface area (Å²) in [6.07, 6.45) is 5.59. The van der Waals surface area contributed by atoms with Crippen LogP contribution in [-0.2, 0) is 4.74 Å². The minimum Gasteiger partial charge on any atom is -0.474 e. The molecule has 1 saturated heterocycles. The molecular weight excluding hydrogens is 266 g/mol. The molecule has 116 valence electrons. The third-order valence-electron chi connectivity index (χ3n) is 4.05. The maximum Gasteiger partial charge on any atom is 0.222 e. The molecule has 1 saturated carbocycles. The second kappa shape index (κ2) is 6.60. The Kier molecular flexibility index (Phi) is 4.58. The van der Waals surface area contributed by atoms with Crippen molar-refractivity contribution in [2.75, 3.05) is 25.1 Å². The van der Waals surface area contributed by atoms with Gasteiger partial charge in [-0.15, -0.1) is 0 Å². The fourth-order valence-corrected chi connectivity index (χ4v) is 2.52. The third-order valence-corrected chi connectivity index (χ3v) is 4.05. The van der Waals surface area contributed by atoms with Crippen LogP contribution in [0.5, 0.6) is 5.88 Å². The number of ether oxygens (including phenoxy) is 2. The second-order valence-corrected chi connectivity index (χ2v) is 5.99. The van der Waals surface area contributed by atoms with Crippen LogP contribution in [-0.4, -0.2) is 35.8 Å². The fraction of sp³-hybridized carbons (Fsp3) is 0.750. The molecule has 0 unspecified atom stereocenters. The molecule has 2 aliphatic rings. The van der Waals surface area contributed by atoms with Crippen LogP contribution in [0.1, 0.15) is 56.3 Å². The molecule has 0 bridgehead atoms. The van der Waals surface area contributed by atoms with E-state index in [1.807, 2.05) is 6.92 Å². The average Bonchev–Trinajstić information content (AvgIpc) is 3.34. The van der Waals surface area contributed by atoms with Crippen LogP contribution in [0.25, 0.3) is 0 Å². The topological polar surface area (TPSA) is 56.3 Å². The smallest absolute Gasteiger partial charge is 0.222 e. The lowest BCUT2D eigenvalue weighted by Crippen LogP contribution is -2.27. The molecule has 0 radical (unpaired) electrons. The fourth-order valence-electron chi connectivity index (χ4n) is 2.52. The molecule has 0 atom stereocenters. The zero-order chi connectivity index (χ0) is 14.7. The van der Waals surface area contributed by atoms with E-state index in [4.69, 9.17) is 14.5 Å². The van der Waals surface area contributed by atoms with E-state index in [1.165, 1.54) is 12.8 Å². The molecule has 1 N–H and O–H groups in total. The van der Waals surface area contributed by atoms with Crippen LogP contribution < -0.4 is 10.1 Å². The maximum absolute atomic E-state index is 6.15. The lowest BCUT2D eigenvalue weighted by Gasteiger charge is -2.24. The Morgan fingerprint density at radius 1 is 1.19 bits per heavy atom. The maximum atomic E-state index is 6.15. The number of rotatable bonds is 6. The summed E-state index contributed by atoms with van der Waals surface area (Å²) in [4.78, 5) is 9.38. The Hall–Kier alpha value is -1.36. The highest BCUT2D eigenvalue weighted by Crippen LogP contribution is 2.40. The van der Waals surface area contributed by atoms with Crippen LogP contribution in [0, 0.1) is 6.92 Å². The lowest BCUT2D eigenvalue weighted by molar-refractivity contribution is 0.0233. The van der Waals surface area contributed by atoms with E-state index in [2.05, 4.69) is 17.2 Å². The SMILES string of the molecule is CCCNc1nc(C2CC2)nc(OC2CCOCC2)c1C. The second-order valence-electron chi connectivity index (χ2n) is 5.99. The molecule has 1 aliphatic heterocycles.